The van der Waals surface area contributed by atoms with E-state index in [2.05, 4.69) is 48.2 Å². The van der Waals surface area contributed by atoms with Crippen molar-refractivity contribution >= 4 is 5.95 Å². The van der Waals surface area contributed by atoms with E-state index in [9.17, 15) is 0 Å². The Bertz CT molecular complexity index is 418. The van der Waals surface area contributed by atoms with Gasteiger partial charge in [-0.3, -0.25) is 0 Å². The van der Waals surface area contributed by atoms with Crippen LogP contribution in [0.3, 0.4) is 0 Å². The van der Waals surface area contributed by atoms with Crippen molar-refractivity contribution in [1.82, 2.24) is 15.2 Å². The molecule has 0 saturated heterocycles. The summed E-state index contributed by atoms with van der Waals surface area (Å²) in [6.07, 6.45) is 6.77. The van der Waals surface area contributed by atoms with Gasteiger partial charge in [-0.15, -0.1) is 5.10 Å². The number of rotatable bonds is 4. The van der Waals surface area contributed by atoms with Crippen LogP contribution in [0, 0.1) is 5.41 Å². The van der Waals surface area contributed by atoms with Gasteiger partial charge >= 0.3 is 0 Å². The Balaban J connectivity index is 2.00. The molecule has 2 rings (SSSR count). The van der Waals surface area contributed by atoms with E-state index in [1.54, 1.807) is 0 Å². The van der Waals surface area contributed by atoms with Gasteiger partial charge in [0.1, 0.15) is 0 Å². The zero-order valence-corrected chi connectivity index (χ0v) is 12.7. The Kier molecular flexibility index (Phi) is 4.38. The van der Waals surface area contributed by atoms with Gasteiger partial charge in [-0.05, 0) is 43.9 Å². The van der Waals surface area contributed by atoms with Crippen LogP contribution in [-0.4, -0.2) is 21.2 Å². The van der Waals surface area contributed by atoms with E-state index in [0.717, 1.165) is 24.2 Å². The first-order chi connectivity index (χ1) is 9.04. The third kappa shape index (κ3) is 3.64. The molecule has 0 amide bonds. The molecular formula is C15H26N4. The Hall–Kier alpha value is -1.19. The largest absolute Gasteiger partial charge is 0.350 e. The predicted molar refractivity (Wildman–Crippen MR) is 78.2 cm³/mol. The topological polar surface area (TPSA) is 50.7 Å². The average molecular weight is 262 g/mol. The van der Waals surface area contributed by atoms with Crippen molar-refractivity contribution in [2.45, 2.75) is 72.3 Å². The summed E-state index contributed by atoms with van der Waals surface area (Å²) in [6.45, 7) is 8.93. The highest BCUT2D eigenvalue weighted by atomic mass is 15.2. The second kappa shape index (κ2) is 5.85. The van der Waals surface area contributed by atoms with Gasteiger partial charge in [-0.2, -0.15) is 5.10 Å². The van der Waals surface area contributed by atoms with Crippen LogP contribution in [0.5, 0.6) is 0 Å². The molecule has 0 aliphatic heterocycles. The SMILES string of the molecule is CCc1nnc(NC2CCC(C)(C)CC2)nc1CC. The summed E-state index contributed by atoms with van der Waals surface area (Å²) in [4.78, 5) is 4.61. The molecule has 0 bridgehead atoms. The van der Waals surface area contributed by atoms with Crippen LogP contribution in [0.1, 0.15) is 64.8 Å². The number of nitrogens with zero attached hydrogens (tertiary/aromatic N) is 3. The fourth-order valence-corrected chi connectivity index (χ4v) is 2.73. The van der Waals surface area contributed by atoms with Crippen LogP contribution in [0.2, 0.25) is 0 Å². The van der Waals surface area contributed by atoms with Crippen molar-refractivity contribution in [3.8, 4) is 0 Å². The van der Waals surface area contributed by atoms with Crippen molar-refractivity contribution < 1.29 is 0 Å². The summed E-state index contributed by atoms with van der Waals surface area (Å²) in [6, 6.07) is 0.506. The molecule has 0 radical (unpaired) electrons. The van der Waals surface area contributed by atoms with Crippen molar-refractivity contribution in [2.24, 2.45) is 5.41 Å². The number of nitrogens with one attached hydrogen (secondary N) is 1. The molecule has 0 spiro atoms. The van der Waals surface area contributed by atoms with Gasteiger partial charge in [-0.25, -0.2) is 4.98 Å². The number of aryl methyl sites for hydroxylation is 2. The van der Waals surface area contributed by atoms with E-state index in [1.165, 1.54) is 25.7 Å². The first-order valence-electron chi connectivity index (χ1n) is 7.53. The van der Waals surface area contributed by atoms with E-state index in [4.69, 9.17) is 0 Å². The van der Waals surface area contributed by atoms with Crippen molar-refractivity contribution in [3.63, 3.8) is 0 Å². The fraction of sp³-hybridized carbons (Fsp3) is 0.800. The molecule has 1 aliphatic rings. The predicted octanol–water partition coefficient (Wildman–Crippen LogP) is 3.38. The van der Waals surface area contributed by atoms with E-state index in [-0.39, 0.29) is 0 Å². The summed E-state index contributed by atoms with van der Waals surface area (Å²) in [5.74, 6) is 0.707. The lowest BCUT2D eigenvalue weighted by Crippen LogP contribution is -2.30. The normalized spacial score (nSPS) is 19.4. The molecule has 0 unspecified atom stereocenters. The zero-order valence-electron chi connectivity index (χ0n) is 12.7. The summed E-state index contributed by atoms with van der Waals surface area (Å²) in [7, 11) is 0. The molecule has 4 heteroatoms. The second-order valence-corrected chi connectivity index (χ2v) is 6.32. The lowest BCUT2D eigenvalue weighted by atomic mass is 9.76. The summed E-state index contributed by atoms with van der Waals surface area (Å²) in [5, 5.41) is 12.0. The van der Waals surface area contributed by atoms with Crippen LogP contribution in [0.4, 0.5) is 5.95 Å². The van der Waals surface area contributed by atoms with Crippen LogP contribution < -0.4 is 5.32 Å². The number of hydrogen-bond donors (Lipinski definition) is 1. The molecule has 1 saturated carbocycles. The monoisotopic (exact) mass is 262 g/mol. The highest BCUT2D eigenvalue weighted by Gasteiger charge is 2.27. The molecule has 106 valence electrons. The Morgan fingerprint density at radius 3 is 2.26 bits per heavy atom. The second-order valence-electron chi connectivity index (χ2n) is 6.32. The van der Waals surface area contributed by atoms with Crippen LogP contribution in [0.15, 0.2) is 0 Å². The summed E-state index contributed by atoms with van der Waals surface area (Å²) < 4.78 is 0. The number of aromatic nitrogens is 3. The van der Waals surface area contributed by atoms with Gasteiger partial charge < -0.3 is 5.32 Å². The minimum atomic E-state index is 0.498. The molecule has 1 aliphatic carbocycles. The van der Waals surface area contributed by atoms with Crippen LogP contribution in [0.25, 0.3) is 0 Å². The van der Waals surface area contributed by atoms with Crippen molar-refractivity contribution in [3.05, 3.63) is 11.4 Å². The Morgan fingerprint density at radius 2 is 1.68 bits per heavy atom. The highest BCUT2D eigenvalue weighted by molar-refractivity contribution is 5.27. The third-order valence-electron chi connectivity index (χ3n) is 4.18. The first kappa shape index (κ1) is 14.2. The summed E-state index contributed by atoms with van der Waals surface area (Å²) >= 11 is 0. The first-order valence-corrected chi connectivity index (χ1v) is 7.53. The van der Waals surface area contributed by atoms with Crippen LogP contribution in [-0.2, 0) is 12.8 Å². The third-order valence-corrected chi connectivity index (χ3v) is 4.18. The molecule has 19 heavy (non-hydrogen) atoms. The molecule has 4 nitrogen and oxygen atoms in total. The zero-order chi connectivity index (χ0) is 13.9. The molecule has 1 N–H and O–H groups in total. The molecule has 0 aromatic carbocycles. The molecule has 1 aromatic heterocycles. The molecular weight excluding hydrogens is 236 g/mol. The molecule has 0 atom stereocenters. The fourth-order valence-electron chi connectivity index (χ4n) is 2.73. The van der Waals surface area contributed by atoms with Gasteiger partial charge in [0, 0.05) is 6.04 Å². The van der Waals surface area contributed by atoms with E-state index < -0.39 is 0 Å². The van der Waals surface area contributed by atoms with Gasteiger partial charge in [0.05, 0.1) is 11.4 Å². The van der Waals surface area contributed by atoms with Gasteiger partial charge in [0.25, 0.3) is 0 Å². The van der Waals surface area contributed by atoms with Crippen molar-refractivity contribution in [1.29, 1.82) is 0 Å². The van der Waals surface area contributed by atoms with Gasteiger partial charge in [0.2, 0.25) is 5.95 Å². The van der Waals surface area contributed by atoms with E-state index >= 15 is 0 Å². The Morgan fingerprint density at radius 1 is 1.05 bits per heavy atom. The number of anilines is 1. The summed E-state index contributed by atoms with van der Waals surface area (Å²) in [5.41, 5.74) is 2.60. The highest BCUT2D eigenvalue weighted by Crippen LogP contribution is 2.35. The van der Waals surface area contributed by atoms with Crippen molar-refractivity contribution in [2.75, 3.05) is 5.32 Å². The standard InChI is InChI=1S/C15H26N4/c1-5-12-13(6-2)18-19-14(17-12)16-11-7-9-15(3,4)10-8-11/h11H,5-10H2,1-4H3,(H,16,17,19). The van der Waals surface area contributed by atoms with E-state index in [1.807, 2.05) is 0 Å². The quantitative estimate of drug-likeness (QED) is 0.903. The Labute approximate surface area is 116 Å². The number of hydrogen-bond acceptors (Lipinski definition) is 4. The van der Waals surface area contributed by atoms with Gasteiger partial charge in [-0.1, -0.05) is 27.7 Å². The minimum Gasteiger partial charge on any atom is -0.350 e. The average Bonchev–Trinajstić information content (AvgIpc) is 2.41. The molecule has 1 aromatic rings. The maximum atomic E-state index is 4.61. The lowest BCUT2D eigenvalue weighted by molar-refractivity contribution is 0.232. The maximum Gasteiger partial charge on any atom is 0.243 e. The lowest BCUT2D eigenvalue weighted by Gasteiger charge is -2.34. The minimum absolute atomic E-state index is 0.498. The molecule has 1 fully saturated rings. The van der Waals surface area contributed by atoms with Gasteiger partial charge in [0.15, 0.2) is 0 Å². The van der Waals surface area contributed by atoms with Crippen LogP contribution >= 0.6 is 0 Å². The maximum absolute atomic E-state index is 4.61. The molecule has 1 heterocycles. The van der Waals surface area contributed by atoms with E-state index in [0.29, 0.717) is 17.4 Å². The smallest absolute Gasteiger partial charge is 0.243 e.